The van der Waals surface area contributed by atoms with Gasteiger partial charge in [0.05, 0.1) is 3.57 Å². The normalized spacial score (nSPS) is 10.6. The van der Waals surface area contributed by atoms with Crippen LogP contribution in [0.15, 0.2) is 24.3 Å². The van der Waals surface area contributed by atoms with Gasteiger partial charge in [-0.2, -0.15) is 0 Å². The minimum Gasteiger partial charge on any atom is -0.505 e. The highest BCUT2D eigenvalue weighted by atomic mass is 127. The number of phenols is 1. The van der Waals surface area contributed by atoms with Gasteiger partial charge in [0, 0.05) is 5.39 Å². The maximum absolute atomic E-state index is 9.65. The maximum atomic E-state index is 9.65. The van der Waals surface area contributed by atoms with E-state index in [1.165, 1.54) is 0 Å². The van der Waals surface area contributed by atoms with Crippen LogP contribution < -0.4 is 0 Å². The summed E-state index contributed by atoms with van der Waals surface area (Å²) in [7, 11) is 0. The second-order valence-electron chi connectivity index (χ2n) is 2.60. The maximum Gasteiger partial charge on any atom is 0.155 e. The fourth-order valence-corrected chi connectivity index (χ4v) is 1.71. The number of aromatic hydroxyl groups is 1. The first-order valence-corrected chi connectivity index (χ1v) is 5.08. The third kappa shape index (κ3) is 1.58. The molecule has 13 heavy (non-hydrogen) atoms. The predicted molar refractivity (Wildman–Crippen MR) is 61.1 cm³/mol. The van der Waals surface area contributed by atoms with Gasteiger partial charge in [0.25, 0.3) is 0 Å². The van der Waals surface area contributed by atoms with Crippen molar-refractivity contribution in [2.45, 2.75) is 0 Å². The van der Waals surface area contributed by atoms with Gasteiger partial charge in [-0.05, 0) is 40.8 Å². The average Bonchev–Trinajstić information content (AvgIpc) is 2.12. The summed E-state index contributed by atoms with van der Waals surface area (Å²) in [6.07, 6.45) is 0. The SMILES string of the molecule is Oc1c(I)ccc2ccc(Cl)nc12. The van der Waals surface area contributed by atoms with Gasteiger partial charge < -0.3 is 5.11 Å². The summed E-state index contributed by atoms with van der Waals surface area (Å²) >= 11 is 7.77. The minimum absolute atomic E-state index is 0.195. The van der Waals surface area contributed by atoms with Gasteiger partial charge in [0.1, 0.15) is 10.7 Å². The van der Waals surface area contributed by atoms with E-state index in [0.717, 1.165) is 8.96 Å². The molecule has 1 aromatic heterocycles. The lowest BCUT2D eigenvalue weighted by Gasteiger charge is -2.01. The molecule has 0 aliphatic carbocycles. The average molecular weight is 306 g/mol. The van der Waals surface area contributed by atoms with Crippen LogP contribution >= 0.6 is 34.2 Å². The van der Waals surface area contributed by atoms with Gasteiger partial charge >= 0.3 is 0 Å². The van der Waals surface area contributed by atoms with Crippen molar-refractivity contribution in [3.63, 3.8) is 0 Å². The number of halogens is 2. The lowest BCUT2D eigenvalue weighted by Crippen LogP contribution is -1.82. The smallest absolute Gasteiger partial charge is 0.155 e. The lowest BCUT2D eigenvalue weighted by molar-refractivity contribution is 0.476. The van der Waals surface area contributed by atoms with Crippen LogP contribution in [0.4, 0.5) is 0 Å². The van der Waals surface area contributed by atoms with Gasteiger partial charge in [-0.15, -0.1) is 0 Å². The van der Waals surface area contributed by atoms with Crippen LogP contribution in [0, 0.1) is 3.57 Å². The van der Waals surface area contributed by atoms with E-state index in [-0.39, 0.29) is 5.75 Å². The Balaban J connectivity index is 2.89. The zero-order valence-electron chi connectivity index (χ0n) is 6.46. The van der Waals surface area contributed by atoms with Crippen LogP contribution in [0.25, 0.3) is 10.9 Å². The van der Waals surface area contributed by atoms with Crippen LogP contribution in [0.5, 0.6) is 5.75 Å². The lowest BCUT2D eigenvalue weighted by atomic mass is 10.2. The second-order valence-corrected chi connectivity index (χ2v) is 4.15. The zero-order chi connectivity index (χ0) is 9.42. The molecule has 2 aromatic rings. The monoisotopic (exact) mass is 305 g/mol. The van der Waals surface area contributed by atoms with Gasteiger partial charge in [-0.3, -0.25) is 0 Å². The molecule has 1 N–H and O–H groups in total. The van der Waals surface area contributed by atoms with Crippen molar-refractivity contribution in [3.8, 4) is 5.75 Å². The molecule has 66 valence electrons. The Hall–Kier alpha value is -0.550. The molecule has 0 bridgehead atoms. The first-order chi connectivity index (χ1) is 6.18. The van der Waals surface area contributed by atoms with E-state index in [1.807, 2.05) is 18.2 Å². The summed E-state index contributed by atoms with van der Waals surface area (Å²) in [5.41, 5.74) is 0.555. The fourth-order valence-electron chi connectivity index (χ4n) is 1.13. The van der Waals surface area contributed by atoms with Crippen LogP contribution in [0.3, 0.4) is 0 Å². The number of nitrogens with zero attached hydrogens (tertiary/aromatic N) is 1. The Bertz CT molecular complexity index is 467. The highest BCUT2D eigenvalue weighted by Crippen LogP contribution is 2.28. The zero-order valence-corrected chi connectivity index (χ0v) is 9.37. The van der Waals surface area contributed by atoms with Crippen LogP contribution in [-0.4, -0.2) is 10.1 Å². The Morgan fingerprint density at radius 3 is 2.69 bits per heavy atom. The molecule has 1 aromatic carbocycles. The Labute approximate surface area is 93.7 Å². The number of rotatable bonds is 0. The summed E-state index contributed by atoms with van der Waals surface area (Å²) in [5.74, 6) is 0.195. The van der Waals surface area contributed by atoms with E-state index in [0.29, 0.717) is 10.7 Å². The van der Waals surface area contributed by atoms with Crippen LogP contribution in [-0.2, 0) is 0 Å². The van der Waals surface area contributed by atoms with Gasteiger partial charge in [0.2, 0.25) is 0 Å². The van der Waals surface area contributed by atoms with Crippen molar-refractivity contribution in [1.29, 1.82) is 0 Å². The van der Waals surface area contributed by atoms with Gasteiger partial charge in [0.15, 0.2) is 5.75 Å². The summed E-state index contributed by atoms with van der Waals surface area (Å²) in [5, 5.41) is 10.9. The van der Waals surface area contributed by atoms with Gasteiger partial charge in [-0.25, -0.2) is 4.98 Å². The van der Waals surface area contributed by atoms with E-state index in [2.05, 4.69) is 27.6 Å². The number of benzene rings is 1. The molecule has 0 atom stereocenters. The predicted octanol–water partition coefficient (Wildman–Crippen LogP) is 3.20. The minimum atomic E-state index is 0.195. The molecule has 1 heterocycles. The largest absolute Gasteiger partial charge is 0.505 e. The molecular weight excluding hydrogens is 300 g/mol. The van der Waals surface area contributed by atoms with Crippen molar-refractivity contribution < 1.29 is 5.11 Å². The molecule has 0 aliphatic rings. The molecule has 0 spiro atoms. The molecule has 0 unspecified atom stereocenters. The Kier molecular flexibility index (Phi) is 2.29. The van der Waals surface area contributed by atoms with Crippen molar-refractivity contribution in [1.82, 2.24) is 4.98 Å². The number of hydrogen-bond donors (Lipinski definition) is 1. The van der Waals surface area contributed by atoms with Crippen molar-refractivity contribution in [3.05, 3.63) is 33.0 Å². The van der Waals surface area contributed by atoms with E-state index in [1.54, 1.807) is 6.07 Å². The fraction of sp³-hybridized carbons (Fsp3) is 0. The summed E-state index contributed by atoms with van der Waals surface area (Å²) in [6.45, 7) is 0. The summed E-state index contributed by atoms with van der Waals surface area (Å²) < 4.78 is 0.778. The van der Waals surface area contributed by atoms with E-state index in [9.17, 15) is 5.11 Å². The van der Waals surface area contributed by atoms with E-state index < -0.39 is 0 Å². The third-order valence-corrected chi connectivity index (χ3v) is 2.83. The van der Waals surface area contributed by atoms with Crippen LogP contribution in [0.1, 0.15) is 0 Å². The first-order valence-electron chi connectivity index (χ1n) is 3.62. The highest BCUT2D eigenvalue weighted by Gasteiger charge is 2.05. The molecule has 4 heteroatoms. The summed E-state index contributed by atoms with van der Waals surface area (Å²) in [6, 6.07) is 7.28. The summed E-state index contributed by atoms with van der Waals surface area (Å²) in [4.78, 5) is 4.05. The number of phenolic OH excluding ortho intramolecular Hbond substituents is 1. The molecular formula is C9H5ClINO. The van der Waals surface area contributed by atoms with E-state index in [4.69, 9.17) is 11.6 Å². The topological polar surface area (TPSA) is 33.1 Å². The molecule has 0 saturated carbocycles. The van der Waals surface area contributed by atoms with Crippen molar-refractivity contribution >= 4 is 45.1 Å². The Morgan fingerprint density at radius 2 is 1.92 bits per heavy atom. The molecule has 0 amide bonds. The van der Waals surface area contributed by atoms with Crippen LogP contribution in [0.2, 0.25) is 5.15 Å². The Morgan fingerprint density at radius 1 is 1.23 bits per heavy atom. The van der Waals surface area contributed by atoms with Crippen molar-refractivity contribution in [2.75, 3.05) is 0 Å². The molecule has 0 fully saturated rings. The first kappa shape index (κ1) is 9.02. The molecule has 2 nitrogen and oxygen atoms in total. The quantitative estimate of drug-likeness (QED) is 0.599. The molecule has 0 aliphatic heterocycles. The highest BCUT2D eigenvalue weighted by molar-refractivity contribution is 14.1. The number of aromatic nitrogens is 1. The van der Waals surface area contributed by atoms with E-state index >= 15 is 0 Å². The number of fused-ring (bicyclic) bond motifs is 1. The molecule has 2 rings (SSSR count). The second kappa shape index (κ2) is 3.31. The molecule has 0 saturated heterocycles. The van der Waals surface area contributed by atoms with Gasteiger partial charge in [-0.1, -0.05) is 17.7 Å². The number of pyridine rings is 1. The third-order valence-electron chi connectivity index (χ3n) is 1.75. The molecule has 0 radical (unpaired) electrons. The van der Waals surface area contributed by atoms with Crippen molar-refractivity contribution in [2.24, 2.45) is 0 Å². The number of hydrogen-bond acceptors (Lipinski definition) is 2. The standard InChI is InChI=1S/C9H5ClINO/c10-7-4-2-5-1-3-6(11)9(13)8(5)12-7/h1-4,13H.